The van der Waals surface area contributed by atoms with Gasteiger partial charge in [-0.3, -0.25) is 0 Å². The van der Waals surface area contributed by atoms with Gasteiger partial charge in [-0.05, 0) is 84.3 Å². The maximum atomic E-state index is 6.02. The lowest BCUT2D eigenvalue weighted by molar-refractivity contribution is 0.315. The summed E-state index contributed by atoms with van der Waals surface area (Å²) in [5.41, 5.74) is 5.53. The van der Waals surface area contributed by atoms with Crippen LogP contribution in [0.4, 0.5) is 5.69 Å². The highest BCUT2D eigenvalue weighted by Gasteiger charge is 2.14. The van der Waals surface area contributed by atoms with Gasteiger partial charge in [0.15, 0.2) is 11.5 Å². The van der Waals surface area contributed by atoms with E-state index in [0.717, 1.165) is 16.9 Å². The molecule has 0 spiro atoms. The number of ether oxygens (including phenoxy) is 2. The topological polar surface area (TPSA) is 74.1 Å². The van der Waals surface area contributed by atoms with Gasteiger partial charge in [0.1, 0.15) is 0 Å². The zero-order chi connectivity index (χ0) is 21.6. The van der Waals surface area contributed by atoms with E-state index in [0.29, 0.717) is 24.7 Å². The van der Waals surface area contributed by atoms with Crippen molar-refractivity contribution in [2.24, 2.45) is 0 Å². The van der Waals surface area contributed by atoms with Crippen molar-refractivity contribution in [1.29, 1.82) is 0 Å². The van der Waals surface area contributed by atoms with Gasteiger partial charge in [-0.2, -0.15) is 4.68 Å². The van der Waals surface area contributed by atoms with Crippen LogP contribution in [-0.4, -0.2) is 26.8 Å². The Morgan fingerprint density at radius 1 is 0.903 bits per heavy atom. The molecule has 0 unspecified atom stereocenters. The van der Waals surface area contributed by atoms with Crippen molar-refractivity contribution in [3.63, 3.8) is 0 Å². The van der Waals surface area contributed by atoms with Crippen molar-refractivity contribution in [2.45, 2.75) is 27.3 Å². The van der Waals surface area contributed by atoms with Gasteiger partial charge in [0.25, 0.3) is 0 Å². The second kappa shape index (κ2) is 9.30. The van der Waals surface area contributed by atoms with E-state index < -0.39 is 0 Å². The summed E-state index contributed by atoms with van der Waals surface area (Å²) >= 11 is 0. The van der Waals surface area contributed by atoms with Crippen LogP contribution in [0.15, 0.2) is 66.7 Å². The van der Waals surface area contributed by atoms with Gasteiger partial charge in [0.2, 0.25) is 0 Å². The smallest absolute Gasteiger partial charge is 0.346 e. The number of nitrogens with one attached hydrogen (secondary N) is 1. The first-order valence-corrected chi connectivity index (χ1v) is 10.2. The third kappa shape index (κ3) is 4.83. The molecule has 1 N–H and O–H groups in total. The maximum absolute atomic E-state index is 6.02. The average Bonchev–Trinajstić information content (AvgIpc) is 3.25. The number of hydrogen-bond acceptors (Lipinski definition) is 6. The number of nitrogens with zero attached hydrogens (tertiary/aromatic N) is 4. The SMILES string of the molecule is CCOc1cc(CNc2ccc(C)c(C)c2)ccc1Oc1nnnn1-c1ccccc1. The lowest BCUT2D eigenvalue weighted by Crippen LogP contribution is -2.04. The summed E-state index contributed by atoms with van der Waals surface area (Å²) in [4.78, 5) is 0. The van der Waals surface area contributed by atoms with Gasteiger partial charge in [0, 0.05) is 12.2 Å². The van der Waals surface area contributed by atoms with Crippen LogP contribution in [0.2, 0.25) is 0 Å². The summed E-state index contributed by atoms with van der Waals surface area (Å²) in [7, 11) is 0. The fourth-order valence-electron chi connectivity index (χ4n) is 3.14. The Bertz CT molecular complexity index is 1160. The summed E-state index contributed by atoms with van der Waals surface area (Å²) < 4.78 is 13.4. The van der Waals surface area contributed by atoms with Gasteiger partial charge >= 0.3 is 6.01 Å². The van der Waals surface area contributed by atoms with E-state index in [9.17, 15) is 0 Å². The fourth-order valence-corrected chi connectivity index (χ4v) is 3.14. The number of rotatable bonds is 8. The van der Waals surface area contributed by atoms with Crippen LogP contribution in [0.3, 0.4) is 0 Å². The first-order valence-electron chi connectivity index (χ1n) is 10.2. The molecule has 7 nitrogen and oxygen atoms in total. The van der Waals surface area contributed by atoms with Crippen LogP contribution in [0, 0.1) is 13.8 Å². The van der Waals surface area contributed by atoms with Gasteiger partial charge < -0.3 is 14.8 Å². The first kappa shape index (κ1) is 20.4. The van der Waals surface area contributed by atoms with Crippen molar-refractivity contribution in [1.82, 2.24) is 20.2 Å². The molecule has 0 fully saturated rings. The van der Waals surface area contributed by atoms with E-state index in [-0.39, 0.29) is 6.01 Å². The quantitative estimate of drug-likeness (QED) is 0.432. The Morgan fingerprint density at radius 3 is 2.52 bits per heavy atom. The number of hydrogen-bond donors (Lipinski definition) is 1. The van der Waals surface area contributed by atoms with E-state index in [2.05, 4.69) is 52.9 Å². The Hall–Kier alpha value is -3.87. The summed E-state index contributed by atoms with van der Waals surface area (Å²) in [5.74, 6) is 1.20. The number of benzene rings is 3. The van der Waals surface area contributed by atoms with Crippen molar-refractivity contribution in [3.8, 4) is 23.2 Å². The molecule has 0 aliphatic carbocycles. The molecule has 1 heterocycles. The molecule has 3 aromatic carbocycles. The van der Waals surface area contributed by atoms with Crippen molar-refractivity contribution >= 4 is 5.69 Å². The lowest BCUT2D eigenvalue weighted by Gasteiger charge is -2.14. The number of tetrazole rings is 1. The van der Waals surface area contributed by atoms with Crippen LogP contribution in [0.5, 0.6) is 17.5 Å². The van der Waals surface area contributed by atoms with E-state index >= 15 is 0 Å². The molecule has 0 amide bonds. The predicted molar refractivity (Wildman–Crippen MR) is 120 cm³/mol. The minimum atomic E-state index is 0.271. The summed E-state index contributed by atoms with van der Waals surface area (Å²) in [6.07, 6.45) is 0. The highest BCUT2D eigenvalue weighted by atomic mass is 16.5. The van der Waals surface area contributed by atoms with Crippen LogP contribution in [0.1, 0.15) is 23.6 Å². The number of aromatic nitrogens is 4. The maximum Gasteiger partial charge on any atom is 0.346 e. The van der Waals surface area contributed by atoms with Crippen molar-refractivity contribution in [3.05, 3.63) is 83.4 Å². The normalized spacial score (nSPS) is 10.7. The van der Waals surface area contributed by atoms with E-state index in [1.807, 2.05) is 55.5 Å². The Labute approximate surface area is 181 Å². The highest BCUT2D eigenvalue weighted by Crippen LogP contribution is 2.32. The van der Waals surface area contributed by atoms with Gasteiger partial charge in [-0.1, -0.05) is 35.4 Å². The third-order valence-corrected chi connectivity index (χ3v) is 4.95. The number of aryl methyl sites for hydroxylation is 2. The first-order chi connectivity index (χ1) is 15.1. The Balaban J connectivity index is 1.53. The van der Waals surface area contributed by atoms with Gasteiger partial charge in [0.05, 0.1) is 12.3 Å². The molecule has 0 radical (unpaired) electrons. The fraction of sp³-hybridized carbons (Fsp3) is 0.208. The zero-order valence-corrected chi connectivity index (χ0v) is 17.9. The number of para-hydroxylation sites is 1. The molecule has 0 saturated carbocycles. The molecular weight excluding hydrogens is 390 g/mol. The predicted octanol–water partition coefficient (Wildman–Crippen LogP) is 5.08. The summed E-state index contributed by atoms with van der Waals surface area (Å²) in [6.45, 7) is 7.36. The summed E-state index contributed by atoms with van der Waals surface area (Å²) in [5, 5.41) is 15.3. The molecule has 0 atom stereocenters. The van der Waals surface area contributed by atoms with Crippen LogP contribution < -0.4 is 14.8 Å². The molecule has 7 heteroatoms. The standard InChI is InChI=1S/C24H25N5O2/c1-4-30-23-15-19(16-25-20-12-10-17(2)18(3)14-20)11-13-22(23)31-24-26-27-28-29(24)21-8-6-5-7-9-21/h5-15,25H,4,16H2,1-3H3. The second-order valence-corrected chi connectivity index (χ2v) is 7.18. The van der Waals surface area contributed by atoms with E-state index in [1.165, 1.54) is 11.1 Å². The Morgan fingerprint density at radius 2 is 1.74 bits per heavy atom. The molecule has 0 bridgehead atoms. The minimum absolute atomic E-state index is 0.271. The molecule has 4 rings (SSSR count). The molecule has 0 aliphatic rings. The molecular formula is C24H25N5O2. The Kier molecular flexibility index (Phi) is 6.12. The molecule has 0 aliphatic heterocycles. The number of anilines is 1. The van der Waals surface area contributed by atoms with Crippen molar-refractivity contribution < 1.29 is 9.47 Å². The largest absolute Gasteiger partial charge is 0.490 e. The molecule has 0 saturated heterocycles. The average molecular weight is 415 g/mol. The minimum Gasteiger partial charge on any atom is -0.490 e. The summed E-state index contributed by atoms with van der Waals surface area (Å²) in [6, 6.07) is 22.1. The van der Waals surface area contributed by atoms with Crippen LogP contribution in [-0.2, 0) is 6.54 Å². The van der Waals surface area contributed by atoms with E-state index in [1.54, 1.807) is 4.68 Å². The van der Waals surface area contributed by atoms with E-state index in [4.69, 9.17) is 9.47 Å². The third-order valence-electron chi connectivity index (χ3n) is 4.95. The second-order valence-electron chi connectivity index (χ2n) is 7.18. The molecule has 158 valence electrons. The molecule has 1 aromatic heterocycles. The molecule has 31 heavy (non-hydrogen) atoms. The monoisotopic (exact) mass is 415 g/mol. The highest BCUT2D eigenvalue weighted by molar-refractivity contribution is 5.50. The zero-order valence-electron chi connectivity index (χ0n) is 17.9. The van der Waals surface area contributed by atoms with Gasteiger partial charge in [-0.25, -0.2) is 0 Å². The van der Waals surface area contributed by atoms with Crippen molar-refractivity contribution in [2.75, 3.05) is 11.9 Å². The lowest BCUT2D eigenvalue weighted by atomic mass is 10.1. The molecule has 4 aromatic rings. The van der Waals surface area contributed by atoms with Crippen LogP contribution >= 0.6 is 0 Å². The van der Waals surface area contributed by atoms with Crippen LogP contribution in [0.25, 0.3) is 5.69 Å². The van der Waals surface area contributed by atoms with Gasteiger partial charge in [-0.15, -0.1) is 0 Å².